The topological polar surface area (TPSA) is 105 Å². The minimum absolute atomic E-state index is 0.248. The van der Waals surface area contributed by atoms with Crippen LogP contribution in [0, 0.1) is 11.3 Å². The van der Waals surface area contributed by atoms with E-state index in [1.54, 1.807) is 73.8 Å². The molecule has 0 radical (unpaired) electrons. The van der Waals surface area contributed by atoms with E-state index in [1.807, 2.05) is 6.07 Å². The number of amides is 1. The number of benzene rings is 3. The number of nitrogens with two attached hydrogens (primary N) is 1. The van der Waals surface area contributed by atoms with Gasteiger partial charge in [0, 0.05) is 16.7 Å². The van der Waals surface area contributed by atoms with Gasteiger partial charge in [0.15, 0.2) is 5.78 Å². The molecule has 3 rings (SSSR count). The average molecular weight is 371 g/mol. The molecule has 0 saturated carbocycles. The summed E-state index contributed by atoms with van der Waals surface area (Å²) in [4.78, 5) is 25.5. The maximum Gasteiger partial charge on any atom is 0.255 e. The van der Waals surface area contributed by atoms with Crippen LogP contribution >= 0.6 is 0 Å². The molecule has 0 aliphatic heterocycles. The molecule has 0 spiro atoms. The Kier molecular flexibility index (Phi) is 5.38. The van der Waals surface area contributed by atoms with Crippen molar-refractivity contribution in [2.24, 2.45) is 0 Å². The van der Waals surface area contributed by atoms with Crippen molar-refractivity contribution < 1.29 is 14.3 Å². The van der Waals surface area contributed by atoms with Gasteiger partial charge in [-0.1, -0.05) is 6.07 Å². The van der Waals surface area contributed by atoms with Crippen molar-refractivity contribution in [3.63, 3.8) is 0 Å². The predicted octanol–water partition coefficient (Wildman–Crippen LogP) is 3.63. The minimum Gasteiger partial charge on any atom is -0.497 e. The summed E-state index contributed by atoms with van der Waals surface area (Å²) < 4.78 is 5.09. The zero-order valence-corrected chi connectivity index (χ0v) is 15.1. The quantitative estimate of drug-likeness (QED) is 0.526. The number of ether oxygens (including phenoxy) is 1. The van der Waals surface area contributed by atoms with Gasteiger partial charge in [0.05, 0.1) is 30.1 Å². The lowest BCUT2D eigenvalue weighted by atomic mass is 9.99. The molecule has 3 N–H and O–H groups in total. The Balaban J connectivity index is 1.91. The van der Waals surface area contributed by atoms with Crippen molar-refractivity contribution in [2.75, 3.05) is 18.2 Å². The number of nitriles is 1. The Morgan fingerprint density at radius 2 is 1.61 bits per heavy atom. The molecule has 0 atom stereocenters. The zero-order valence-electron chi connectivity index (χ0n) is 15.1. The first kappa shape index (κ1) is 18.7. The van der Waals surface area contributed by atoms with Crippen molar-refractivity contribution in [3.05, 3.63) is 89.0 Å². The Morgan fingerprint density at radius 1 is 0.964 bits per heavy atom. The molecule has 0 aromatic heterocycles. The van der Waals surface area contributed by atoms with Crippen LogP contribution < -0.4 is 15.8 Å². The minimum atomic E-state index is -0.394. The molecule has 3 aromatic carbocycles. The van der Waals surface area contributed by atoms with Gasteiger partial charge in [0.25, 0.3) is 5.91 Å². The van der Waals surface area contributed by atoms with E-state index in [1.165, 1.54) is 0 Å². The van der Waals surface area contributed by atoms with Gasteiger partial charge in [-0.3, -0.25) is 9.59 Å². The normalized spacial score (nSPS) is 10.0. The van der Waals surface area contributed by atoms with Gasteiger partial charge in [-0.05, 0) is 60.7 Å². The summed E-state index contributed by atoms with van der Waals surface area (Å²) in [6, 6.07) is 19.7. The van der Waals surface area contributed by atoms with E-state index in [-0.39, 0.29) is 22.7 Å². The van der Waals surface area contributed by atoms with E-state index in [4.69, 9.17) is 15.7 Å². The molecule has 0 aliphatic rings. The van der Waals surface area contributed by atoms with Gasteiger partial charge in [-0.15, -0.1) is 0 Å². The third kappa shape index (κ3) is 3.84. The van der Waals surface area contributed by atoms with Gasteiger partial charge >= 0.3 is 0 Å². The number of carbonyl (C=O) groups excluding carboxylic acids is 2. The number of hydrogen-bond donors (Lipinski definition) is 2. The molecule has 0 bridgehead atoms. The van der Waals surface area contributed by atoms with Crippen LogP contribution in [-0.4, -0.2) is 18.8 Å². The first-order chi connectivity index (χ1) is 13.5. The van der Waals surface area contributed by atoms with Crippen LogP contribution in [0.2, 0.25) is 0 Å². The number of carbonyl (C=O) groups is 2. The number of nitrogens with zero attached hydrogens (tertiary/aromatic N) is 1. The zero-order chi connectivity index (χ0) is 20.1. The van der Waals surface area contributed by atoms with Crippen LogP contribution in [0.1, 0.15) is 31.8 Å². The van der Waals surface area contributed by atoms with Crippen LogP contribution in [0.3, 0.4) is 0 Å². The van der Waals surface area contributed by atoms with E-state index >= 15 is 0 Å². The smallest absolute Gasteiger partial charge is 0.255 e. The highest BCUT2D eigenvalue weighted by atomic mass is 16.5. The summed E-state index contributed by atoms with van der Waals surface area (Å²) >= 11 is 0. The number of anilines is 2. The number of ketones is 1. The summed E-state index contributed by atoms with van der Waals surface area (Å²) in [6.45, 7) is 0. The van der Waals surface area contributed by atoms with E-state index in [9.17, 15) is 9.59 Å². The molecular weight excluding hydrogens is 354 g/mol. The highest BCUT2D eigenvalue weighted by molar-refractivity contribution is 6.17. The number of hydrogen-bond acceptors (Lipinski definition) is 5. The second kappa shape index (κ2) is 8.06. The summed E-state index contributed by atoms with van der Waals surface area (Å²) in [5.74, 6) is -0.0660. The lowest BCUT2D eigenvalue weighted by Gasteiger charge is -2.13. The molecule has 0 fully saturated rings. The molecule has 0 aliphatic carbocycles. The number of nitrogen functional groups attached to an aromatic ring is 1. The lowest BCUT2D eigenvalue weighted by molar-refractivity contribution is 0.102. The number of nitrogens with one attached hydrogen (secondary N) is 1. The highest BCUT2D eigenvalue weighted by Crippen LogP contribution is 2.27. The Labute approximate surface area is 162 Å². The molecule has 0 heterocycles. The van der Waals surface area contributed by atoms with Gasteiger partial charge < -0.3 is 15.8 Å². The molecule has 3 aromatic rings. The first-order valence-corrected chi connectivity index (χ1v) is 8.42. The fraction of sp³-hybridized carbons (Fsp3) is 0.0455. The molecule has 28 heavy (non-hydrogen) atoms. The van der Waals surface area contributed by atoms with Crippen LogP contribution in [-0.2, 0) is 0 Å². The number of rotatable bonds is 5. The second-order valence-corrected chi connectivity index (χ2v) is 5.97. The predicted molar refractivity (Wildman–Crippen MR) is 106 cm³/mol. The fourth-order valence-corrected chi connectivity index (χ4v) is 2.68. The summed E-state index contributed by atoms with van der Waals surface area (Å²) in [6.07, 6.45) is 0. The molecule has 1 amide bonds. The molecule has 0 unspecified atom stereocenters. The van der Waals surface area contributed by atoms with Crippen LogP contribution in [0.25, 0.3) is 0 Å². The molecular formula is C22H17N3O3. The average Bonchev–Trinajstić information content (AvgIpc) is 2.74. The monoisotopic (exact) mass is 371 g/mol. The summed E-state index contributed by atoms with van der Waals surface area (Å²) in [5, 5.41) is 11.6. The lowest BCUT2D eigenvalue weighted by Crippen LogP contribution is -2.16. The van der Waals surface area contributed by atoms with E-state index in [2.05, 4.69) is 5.32 Å². The number of methoxy groups -OCH3 is 1. The van der Waals surface area contributed by atoms with Crippen molar-refractivity contribution in [1.29, 1.82) is 5.26 Å². The highest BCUT2D eigenvalue weighted by Gasteiger charge is 2.18. The van der Waals surface area contributed by atoms with Gasteiger partial charge in [-0.25, -0.2) is 0 Å². The number of para-hydroxylation sites is 1. The Morgan fingerprint density at radius 3 is 2.21 bits per heavy atom. The third-order valence-electron chi connectivity index (χ3n) is 4.21. The van der Waals surface area contributed by atoms with E-state index in [0.29, 0.717) is 22.4 Å². The molecule has 138 valence electrons. The van der Waals surface area contributed by atoms with Gasteiger partial charge in [0.1, 0.15) is 5.75 Å². The molecule has 6 heteroatoms. The van der Waals surface area contributed by atoms with Crippen molar-refractivity contribution in [1.82, 2.24) is 0 Å². The first-order valence-electron chi connectivity index (χ1n) is 8.42. The van der Waals surface area contributed by atoms with Crippen LogP contribution in [0.15, 0.2) is 66.7 Å². The Bertz CT molecular complexity index is 1070. The maximum atomic E-state index is 12.9. The van der Waals surface area contributed by atoms with Crippen molar-refractivity contribution >= 4 is 23.1 Å². The maximum absolute atomic E-state index is 12.9. The standard InChI is InChI=1S/C22H17N3O3/c1-28-17-11-9-16(10-12-17)22(27)25-20-18(3-2-4-19(20)24)21(26)15-7-5-14(13-23)6-8-15/h2-12H,24H2,1H3,(H,25,27). The molecule has 0 saturated heterocycles. The van der Waals surface area contributed by atoms with Crippen LogP contribution in [0.5, 0.6) is 5.75 Å². The second-order valence-electron chi connectivity index (χ2n) is 5.97. The van der Waals surface area contributed by atoms with Crippen molar-refractivity contribution in [2.45, 2.75) is 0 Å². The Hall–Kier alpha value is -4.11. The summed E-state index contributed by atoms with van der Waals surface area (Å²) in [5.41, 5.74) is 8.07. The van der Waals surface area contributed by atoms with E-state index < -0.39 is 5.91 Å². The summed E-state index contributed by atoms with van der Waals surface area (Å²) in [7, 11) is 1.54. The van der Waals surface area contributed by atoms with E-state index in [0.717, 1.165) is 0 Å². The van der Waals surface area contributed by atoms with Crippen LogP contribution in [0.4, 0.5) is 11.4 Å². The fourth-order valence-electron chi connectivity index (χ4n) is 2.68. The van der Waals surface area contributed by atoms with Gasteiger partial charge in [0.2, 0.25) is 0 Å². The largest absolute Gasteiger partial charge is 0.497 e. The third-order valence-corrected chi connectivity index (χ3v) is 4.21. The van der Waals surface area contributed by atoms with Gasteiger partial charge in [-0.2, -0.15) is 5.26 Å². The molecule has 6 nitrogen and oxygen atoms in total. The SMILES string of the molecule is COc1ccc(C(=O)Nc2c(N)cccc2C(=O)c2ccc(C#N)cc2)cc1. The van der Waals surface area contributed by atoms with Crippen molar-refractivity contribution in [3.8, 4) is 11.8 Å².